The average Bonchev–Trinajstić information content (AvgIpc) is 3.07. The van der Waals surface area contributed by atoms with Crippen molar-refractivity contribution in [3.8, 4) is 0 Å². The van der Waals surface area contributed by atoms with E-state index in [2.05, 4.69) is 5.32 Å². The maximum atomic E-state index is 13.2. The third-order valence-electron chi connectivity index (χ3n) is 5.73. The molecule has 0 saturated heterocycles. The first-order valence-electron chi connectivity index (χ1n) is 8.82. The number of aliphatic hydroxyl groups is 1. The molecule has 2 N–H and O–H groups in total. The highest BCUT2D eigenvalue weighted by Gasteiger charge is 2.43. The van der Waals surface area contributed by atoms with Gasteiger partial charge in [-0.05, 0) is 62.1 Å². The fourth-order valence-electron chi connectivity index (χ4n) is 4.21. The standard InChI is InChI=1S/C19H26FNO2/c20-16-7-5-15(6-8-16)19(11-1-2-12-19)18(23)21-17-9-3-14(13-22)4-10-17/h5-8,14,17,22H,1-4,9-13H2,(H,21,23). The second kappa shape index (κ2) is 7.00. The summed E-state index contributed by atoms with van der Waals surface area (Å²) >= 11 is 0. The van der Waals surface area contributed by atoms with Gasteiger partial charge in [-0.2, -0.15) is 0 Å². The number of carbonyl (C=O) groups excluding carboxylic acids is 1. The van der Waals surface area contributed by atoms with E-state index >= 15 is 0 Å². The van der Waals surface area contributed by atoms with Crippen LogP contribution in [0.15, 0.2) is 24.3 Å². The van der Waals surface area contributed by atoms with Gasteiger partial charge in [0.25, 0.3) is 0 Å². The molecule has 3 rings (SSSR count). The van der Waals surface area contributed by atoms with Crippen LogP contribution in [0.3, 0.4) is 0 Å². The highest BCUT2D eigenvalue weighted by Crippen LogP contribution is 2.41. The number of hydrogen-bond donors (Lipinski definition) is 2. The lowest BCUT2D eigenvalue weighted by atomic mass is 9.77. The Labute approximate surface area is 137 Å². The number of carbonyl (C=O) groups is 1. The van der Waals surface area contributed by atoms with Crippen molar-refractivity contribution in [2.24, 2.45) is 5.92 Å². The normalized spacial score (nSPS) is 26.9. The smallest absolute Gasteiger partial charge is 0.230 e. The van der Waals surface area contributed by atoms with Crippen molar-refractivity contribution < 1.29 is 14.3 Å². The first kappa shape index (κ1) is 16.4. The SMILES string of the molecule is O=C(NC1CCC(CO)CC1)C1(c2ccc(F)cc2)CCCC1. The van der Waals surface area contributed by atoms with Crippen molar-refractivity contribution >= 4 is 5.91 Å². The number of amides is 1. The Morgan fingerprint density at radius 2 is 1.74 bits per heavy atom. The van der Waals surface area contributed by atoms with Gasteiger partial charge in [0.15, 0.2) is 0 Å². The van der Waals surface area contributed by atoms with E-state index in [0.29, 0.717) is 5.92 Å². The van der Waals surface area contributed by atoms with Gasteiger partial charge in [0.2, 0.25) is 5.91 Å². The number of rotatable bonds is 4. The highest BCUT2D eigenvalue weighted by atomic mass is 19.1. The molecule has 0 spiro atoms. The van der Waals surface area contributed by atoms with E-state index in [0.717, 1.165) is 56.9 Å². The molecular formula is C19H26FNO2. The van der Waals surface area contributed by atoms with Crippen molar-refractivity contribution in [3.63, 3.8) is 0 Å². The molecule has 2 aliphatic carbocycles. The van der Waals surface area contributed by atoms with Crippen LogP contribution in [0, 0.1) is 11.7 Å². The van der Waals surface area contributed by atoms with E-state index in [1.165, 1.54) is 12.1 Å². The van der Waals surface area contributed by atoms with Crippen LogP contribution >= 0.6 is 0 Å². The van der Waals surface area contributed by atoms with E-state index in [-0.39, 0.29) is 24.4 Å². The molecule has 0 radical (unpaired) electrons. The zero-order valence-electron chi connectivity index (χ0n) is 13.6. The van der Waals surface area contributed by atoms with Gasteiger partial charge in [0.1, 0.15) is 5.82 Å². The quantitative estimate of drug-likeness (QED) is 0.894. The fourth-order valence-corrected chi connectivity index (χ4v) is 4.21. The molecule has 2 saturated carbocycles. The molecule has 0 heterocycles. The summed E-state index contributed by atoms with van der Waals surface area (Å²) in [5.74, 6) is 0.236. The van der Waals surface area contributed by atoms with E-state index in [4.69, 9.17) is 0 Å². The van der Waals surface area contributed by atoms with Crippen LogP contribution in [0.5, 0.6) is 0 Å². The largest absolute Gasteiger partial charge is 0.396 e. The van der Waals surface area contributed by atoms with E-state index < -0.39 is 5.41 Å². The summed E-state index contributed by atoms with van der Waals surface area (Å²) in [7, 11) is 0. The van der Waals surface area contributed by atoms with Crippen LogP contribution in [-0.2, 0) is 10.2 Å². The fraction of sp³-hybridized carbons (Fsp3) is 0.632. The molecule has 0 bridgehead atoms. The van der Waals surface area contributed by atoms with E-state index in [1.54, 1.807) is 12.1 Å². The summed E-state index contributed by atoms with van der Waals surface area (Å²) in [6.45, 7) is 0.250. The molecule has 126 valence electrons. The molecule has 3 nitrogen and oxygen atoms in total. The number of benzene rings is 1. The Morgan fingerprint density at radius 3 is 2.30 bits per heavy atom. The number of aliphatic hydroxyl groups excluding tert-OH is 1. The summed E-state index contributed by atoms with van der Waals surface area (Å²) in [5.41, 5.74) is 0.458. The van der Waals surface area contributed by atoms with Crippen LogP contribution in [0.1, 0.15) is 56.9 Å². The van der Waals surface area contributed by atoms with Gasteiger partial charge in [0.05, 0.1) is 5.41 Å². The summed E-state index contributed by atoms with van der Waals surface area (Å²) < 4.78 is 13.2. The molecule has 2 aliphatic rings. The van der Waals surface area contributed by atoms with Gasteiger partial charge in [-0.15, -0.1) is 0 Å². The van der Waals surface area contributed by atoms with Crippen LogP contribution in [0.25, 0.3) is 0 Å². The topological polar surface area (TPSA) is 49.3 Å². The van der Waals surface area contributed by atoms with Crippen LogP contribution < -0.4 is 5.32 Å². The number of hydrogen-bond acceptors (Lipinski definition) is 2. The predicted molar refractivity (Wildman–Crippen MR) is 87.5 cm³/mol. The molecule has 1 aromatic rings. The molecule has 23 heavy (non-hydrogen) atoms. The Balaban J connectivity index is 1.71. The zero-order chi connectivity index (χ0) is 16.3. The lowest BCUT2D eigenvalue weighted by molar-refractivity contribution is -0.127. The maximum Gasteiger partial charge on any atom is 0.230 e. The lowest BCUT2D eigenvalue weighted by Gasteiger charge is -2.33. The third-order valence-corrected chi connectivity index (χ3v) is 5.73. The van der Waals surface area contributed by atoms with Crippen LogP contribution in [0.4, 0.5) is 4.39 Å². The van der Waals surface area contributed by atoms with Crippen molar-refractivity contribution in [1.82, 2.24) is 5.32 Å². The van der Waals surface area contributed by atoms with Crippen molar-refractivity contribution in [2.75, 3.05) is 6.61 Å². The van der Waals surface area contributed by atoms with Crippen molar-refractivity contribution in [3.05, 3.63) is 35.6 Å². The van der Waals surface area contributed by atoms with Gasteiger partial charge >= 0.3 is 0 Å². The molecule has 1 aromatic carbocycles. The third kappa shape index (κ3) is 3.42. The molecule has 4 heteroatoms. The minimum atomic E-state index is -0.485. The first-order valence-corrected chi connectivity index (χ1v) is 8.82. The zero-order valence-corrected chi connectivity index (χ0v) is 13.6. The Bertz CT molecular complexity index is 529. The predicted octanol–water partition coefficient (Wildman–Crippen LogP) is 3.30. The summed E-state index contributed by atoms with van der Waals surface area (Å²) in [6, 6.07) is 6.65. The van der Waals surface area contributed by atoms with Crippen molar-refractivity contribution in [1.29, 1.82) is 0 Å². The Hall–Kier alpha value is -1.42. The molecule has 0 aliphatic heterocycles. The highest BCUT2D eigenvalue weighted by molar-refractivity contribution is 5.88. The van der Waals surface area contributed by atoms with Crippen LogP contribution in [-0.4, -0.2) is 23.7 Å². The minimum absolute atomic E-state index is 0.106. The second-order valence-electron chi connectivity index (χ2n) is 7.17. The average molecular weight is 319 g/mol. The molecule has 0 aromatic heterocycles. The minimum Gasteiger partial charge on any atom is -0.396 e. The molecule has 0 atom stereocenters. The molecule has 1 amide bonds. The summed E-state index contributed by atoms with van der Waals surface area (Å²) in [4.78, 5) is 13.0. The molecule has 2 fully saturated rings. The number of halogens is 1. The van der Waals surface area contributed by atoms with Gasteiger partial charge < -0.3 is 10.4 Å². The van der Waals surface area contributed by atoms with Crippen LogP contribution in [0.2, 0.25) is 0 Å². The second-order valence-corrected chi connectivity index (χ2v) is 7.17. The molecule has 0 unspecified atom stereocenters. The van der Waals surface area contributed by atoms with Gasteiger partial charge in [-0.25, -0.2) is 4.39 Å². The number of nitrogens with one attached hydrogen (secondary N) is 1. The van der Waals surface area contributed by atoms with Gasteiger partial charge in [-0.3, -0.25) is 4.79 Å². The summed E-state index contributed by atoms with van der Waals surface area (Å²) in [6.07, 6.45) is 7.61. The maximum absolute atomic E-state index is 13.2. The molecular weight excluding hydrogens is 293 g/mol. The van der Waals surface area contributed by atoms with Gasteiger partial charge in [-0.1, -0.05) is 25.0 Å². The lowest BCUT2D eigenvalue weighted by Crippen LogP contribution is -2.48. The van der Waals surface area contributed by atoms with E-state index in [1.807, 2.05) is 0 Å². The van der Waals surface area contributed by atoms with Gasteiger partial charge in [0, 0.05) is 12.6 Å². The Kier molecular flexibility index (Phi) is 5.00. The summed E-state index contributed by atoms with van der Waals surface area (Å²) in [5, 5.41) is 12.5. The Morgan fingerprint density at radius 1 is 1.13 bits per heavy atom. The van der Waals surface area contributed by atoms with E-state index in [9.17, 15) is 14.3 Å². The monoisotopic (exact) mass is 319 g/mol. The van der Waals surface area contributed by atoms with Crippen molar-refractivity contribution in [2.45, 2.75) is 62.8 Å². The first-order chi connectivity index (χ1) is 11.1.